The Kier molecular flexibility index (Phi) is 13.3. The Labute approximate surface area is 93.0 Å². The minimum atomic E-state index is -0.181. The first kappa shape index (κ1) is 15.9. The molecular formula is C12H22N2O. The fourth-order valence-electron chi connectivity index (χ4n) is 0.810. The lowest BCUT2D eigenvalue weighted by Crippen LogP contribution is -2.33. The maximum Gasteiger partial charge on any atom is 0.314 e. The van der Waals surface area contributed by atoms with Gasteiger partial charge in [0.15, 0.2) is 0 Å². The van der Waals surface area contributed by atoms with Gasteiger partial charge in [-0.1, -0.05) is 44.7 Å². The van der Waals surface area contributed by atoms with Crippen LogP contribution in [0, 0.1) is 0 Å². The Hall–Kier alpha value is -1.51. The van der Waals surface area contributed by atoms with Gasteiger partial charge in [0.2, 0.25) is 0 Å². The third-order valence-electron chi connectivity index (χ3n) is 1.39. The molecule has 0 aromatic heterocycles. The van der Waals surface area contributed by atoms with Crippen molar-refractivity contribution in [2.24, 2.45) is 0 Å². The van der Waals surface area contributed by atoms with E-state index in [9.17, 15) is 4.79 Å². The number of carbonyl (C=O) groups excluding carboxylic acids is 1. The molecule has 86 valence electrons. The maximum atomic E-state index is 10.8. The highest BCUT2D eigenvalue weighted by Crippen LogP contribution is 1.95. The Morgan fingerprint density at radius 2 is 2.00 bits per heavy atom. The van der Waals surface area contributed by atoms with E-state index in [4.69, 9.17) is 0 Å². The van der Waals surface area contributed by atoms with Crippen molar-refractivity contribution in [3.63, 3.8) is 0 Å². The van der Waals surface area contributed by atoms with Crippen LogP contribution in [0.2, 0.25) is 0 Å². The molecule has 0 fully saturated rings. The number of allylic oxidation sites excluding steroid dienone is 3. The van der Waals surface area contributed by atoms with Crippen LogP contribution in [0.5, 0.6) is 0 Å². The average Bonchev–Trinajstić information content (AvgIpc) is 2.28. The van der Waals surface area contributed by atoms with Gasteiger partial charge >= 0.3 is 6.03 Å². The number of urea groups is 1. The highest BCUT2D eigenvalue weighted by Gasteiger charge is 1.95. The molecule has 0 bridgehead atoms. The smallest absolute Gasteiger partial charge is 0.314 e. The molecule has 0 unspecified atom stereocenters. The number of carbonyl (C=O) groups is 1. The standard InChI is InChI=1S/C10H16N2O.C2H6/c1-4-6-9(7-5-2)8-12-10(13)11-3;1-2/h4-7H,1,8H2,2-3H3,(H2,11,12,13);1-2H3/b7-5-,9-6+;. The summed E-state index contributed by atoms with van der Waals surface area (Å²) in [5.74, 6) is 0. The number of hydrogen-bond donors (Lipinski definition) is 2. The molecule has 0 saturated carbocycles. The SMILES string of the molecule is C=C/C=C(\C=C/C)CNC(=O)NC.CC. The first-order valence-corrected chi connectivity index (χ1v) is 5.14. The second-order valence-electron chi connectivity index (χ2n) is 2.41. The Balaban J connectivity index is 0. The number of rotatable bonds is 4. The van der Waals surface area contributed by atoms with Gasteiger partial charge < -0.3 is 10.6 Å². The third kappa shape index (κ3) is 10.4. The molecule has 3 nitrogen and oxygen atoms in total. The molecule has 0 aromatic rings. The van der Waals surface area contributed by atoms with Gasteiger partial charge in [0, 0.05) is 13.6 Å². The van der Waals surface area contributed by atoms with Crippen LogP contribution in [0.15, 0.2) is 36.5 Å². The van der Waals surface area contributed by atoms with Crippen molar-refractivity contribution in [1.82, 2.24) is 10.6 Å². The first-order chi connectivity index (χ1) is 7.24. The van der Waals surface area contributed by atoms with Crippen molar-refractivity contribution < 1.29 is 4.79 Å². The van der Waals surface area contributed by atoms with Crippen molar-refractivity contribution in [2.75, 3.05) is 13.6 Å². The number of amides is 2. The Bertz CT molecular complexity index is 230. The highest BCUT2D eigenvalue weighted by molar-refractivity contribution is 5.73. The van der Waals surface area contributed by atoms with Gasteiger partial charge in [-0.05, 0) is 12.5 Å². The number of hydrogen-bond acceptors (Lipinski definition) is 1. The fraction of sp³-hybridized carbons (Fsp3) is 0.417. The summed E-state index contributed by atoms with van der Waals surface area (Å²) in [6.45, 7) is 10.0. The van der Waals surface area contributed by atoms with Crippen molar-refractivity contribution >= 4 is 6.03 Å². The van der Waals surface area contributed by atoms with Crippen LogP contribution in [0.25, 0.3) is 0 Å². The molecule has 0 saturated heterocycles. The predicted molar refractivity (Wildman–Crippen MR) is 66.9 cm³/mol. The molecule has 0 aliphatic heterocycles. The summed E-state index contributed by atoms with van der Waals surface area (Å²) in [5, 5.41) is 5.16. The summed E-state index contributed by atoms with van der Waals surface area (Å²) in [7, 11) is 1.59. The van der Waals surface area contributed by atoms with Crippen LogP contribution in [0.4, 0.5) is 4.79 Å². The van der Waals surface area contributed by atoms with Gasteiger partial charge in [-0.25, -0.2) is 4.79 Å². The van der Waals surface area contributed by atoms with E-state index in [-0.39, 0.29) is 6.03 Å². The molecule has 2 amide bonds. The van der Waals surface area contributed by atoms with E-state index in [2.05, 4.69) is 17.2 Å². The quantitative estimate of drug-likeness (QED) is 0.688. The Morgan fingerprint density at radius 1 is 1.40 bits per heavy atom. The van der Waals surface area contributed by atoms with E-state index >= 15 is 0 Å². The van der Waals surface area contributed by atoms with Crippen molar-refractivity contribution in [3.8, 4) is 0 Å². The summed E-state index contributed by atoms with van der Waals surface area (Å²) >= 11 is 0. The monoisotopic (exact) mass is 210 g/mol. The molecule has 2 N–H and O–H groups in total. The van der Waals surface area contributed by atoms with E-state index in [1.165, 1.54) is 0 Å². The van der Waals surface area contributed by atoms with Crippen LogP contribution in [-0.2, 0) is 0 Å². The van der Waals surface area contributed by atoms with E-state index in [0.717, 1.165) is 5.57 Å². The summed E-state index contributed by atoms with van der Waals surface area (Å²) in [4.78, 5) is 10.8. The minimum absolute atomic E-state index is 0.181. The lowest BCUT2D eigenvalue weighted by atomic mass is 10.2. The van der Waals surface area contributed by atoms with Gasteiger partial charge in [-0.15, -0.1) is 0 Å². The molecular weight excluding hydrogens is 188 g/mol. The molecule has 0 radical (unpaired) electrons. The first-order valence-electron chi connectivity index (χ1n) is 5.14. The Morgan fingerprint density at radius 3 is 2.40 bits per heavy atom. The summed E-state index contributed by atoms with van der Waals surface area (Å²) < 4.78 is 0. The summed E-state index contributed by atoms with van der Waals surface area (Å²) in [5.41, 5.74) is 1.01. The van der Waals surface area contributed by atoms with Crippen LogP contribution in [0.1, 0.15) is 20.8 Å². The molecule has 0 spiro atoms. The molecule has 15 heavy (non-hydrogen) atoms. The zero-order valence-electron chi connectivity index (χ0n) is 10.1. The lowest BCUT2D eigenvalue weighted by Gasteiger charge is -2.04. The van der Waals surface area contributed by atoms with Gasteiger partial charge in [-0.2, -0.15) is 0 Å². The van der Waals surface area contributed by atoms with E-state index in [1.807, 2.05) is 39.0 Å². The van der Waals surface area contributed by atoms with Gasteiger partial charge in [0.25, 0.3) is 0 Å². The second kappa shape index (κ2) is 12.5. The minimum Gasteiger partial charge on any atom is -0.341 e. The van der Waals surface area contributed by atoms with Crippen LogP contribution >= 0.6 is 0 Å². The zero-order valence-corrected chi connectivity index (χ0v) is 10.1. The van der Waals surface area contributed by atoms with Crippen LogP contribution < -0.4 is 10.6 Å². The van der Waals surface area contributed by atoms with Crippen molar-refractivity contribution in [1.29, 1.82) is 0 Å². The predicted octanol–water partition coefficient (Wildman–Crippen LogP) is 2.63. The molecule has 0 rings (SSSR count). The van der Waals surface area contributed by atoms with Gasteiger partial charge in [0.05, 0.1) is 0 Å². The van der Waals surface area contributed by atoms with Crippen molar-refractivity contribution in [3.05, 3.63) is 36.5 Å². The molecule has 0 aliphatic carbocycles. The largest absolute Gasteiger partial charge is 0.341 e. The normalized spacial score (nSPS) is 10.3. The van der Waals surface area contributed by atoms with E-state index in [0.29, 0.717) is 6.54 Å². The zero-order chi connectivity index (χ0) is 12.1. The van der Waals surface area contributed by atoms with Crippen LogP contribution in [-0.4, -0.2) is 19.6 Å². The van der Waals surface area contributed by atoms with E-state index in [1.54, 1.807) is 13.1 Å². The average molecular weight is 210 g/mol. The van der Waals surface area contributed by atoms with E-state index < -0.39 is 0 Å². The summed E-state index contributed by atoms with van der Waals surface area (Å²) in [6, 6.07) is -0.181. The molecule has 0 aromatic carbocycles. The third-order valence-corrected chi connectivity index (χ3v) is 1.39. The van der Waals surface area contributed by atoms with Crippen molar-refractivity contribution in [2.45, 2.75) is 20.8 Å². The molecule has 0 heterocycles. The topological polar surface area (TPSA) is 41.1 Å². The van der Waals surface area contributed by atoms with Gasteiger partial charge in [0.1, 0.15) is 0 Å². The second-order valence-corrected chi connectivity index (χ2v) is 2.41. The molecule has 3 heteroatoms. The molecule has 0 atom stereocenters. The fourth-order valence-corrected chi connectivity index (χ4v) is 0.810. The van der Waals surface area contributed by atoms with Crippen LogP contribution in [0.3, 0.4) is 0 Å². The number of nitrogens with one attached hydrogen (secondary N) is 2. The molecule has 0 aliphatic rings. The summed E-state index contributed by atoms with van der Waals surface area (Å²) in [6.07, 6.45) is 7.40. The van der Waals surface area contributed by atoms with Gasteiger partial charge in [-0.3, -0.25) is 0 Å². The highest BCUT2D eigenvalue weighted by atomic mass is 16.2. The lowest BCUT2D eigenvalue weighted by molar-refractivity contribution is 0.244. The maximum absolute atomic E-state index is 10.8.